The fraction of sp³-hybridized carbons (Fsp3) is 0.312. The van der Waals surface area contributed by atoms with Gasteiger partial charge in [-0.05, 0) is 30.5 Å². The second-order valence-corrected chi connectivity index (χ2v) is 6.95. The molecule has 2 rings (SSSR count). The Morgan fingerprint density at radius 3 is 2.83 bits per heavy atom. The molecule has 0 aliphatic rings. The highest BCUT2D eigenvalue weighted by atomic mass is 79.9. The summed E-state index contributed by atoms with van der Waals surface area (Å²) >= 11 is 4.66. The molecular formula is C16H17BrN2O3S. The first kappa shape index (κ1) is 17.6. The Bertz CT molecular complexity index is 702. The number of rotatable bonds is 7. The van der Waals surface area contributed by atoms with Crippen molar-refractivity contribution < 1.29 is 14.7 Å². The molecular weight excluding hydrogens is 380 g/mol. The average molecular weight is 397 g/mol. The van der Waals surface area contributed by atoms with Crippen LogP contribution >= 0.6 is 27.3 Å². The lowest BCUT2D eigenvalue weighted by Gasteiger charge is -2.14. The molecule has 1 heterocycles. The van der Waals surface area contributed by atoms with E-state index in [1.54, 1.807) is 0 Å². The molecule has 0 radical (unpaired) electrons. The number of hydrogen-bond acceptors (Lipinski definition) is 4. The van der Waals surface area contributed by atoms with E-state index < -0.39 is 5.97 Å². The van der Waals surface area contributed by atoms with Crippen molar-refractivity contribution in [2.24, 2.45) is 5.92 Å². The number of halogens is 1. The fourth-order valence-corrected chi connectivity index (χ4v) is 3.32. The van der Waals surface area contributed by atoms with Gasteiger partial charge in [-0.2, -0.15) is 0 Å². The summed E-state index contributed by atoms with van der Waals surface area (Å²) < 4.78 is 0.995. The maximum Gasteiger partial charge on any atom is 0.355 e. The molecule has 1 aromatic carbocycles. The van der Waals surface area contributed by atoms with Crippen LogP contribution in [0.25, 0.3) is 0 Å². The van der Waals surface area contributed by atoms with E-state index in [-0.39, 0.29) is 24.1 Å². The maximum absolute atomic E-state index is 12.3. The number of carboxylic acid groups (broad SMARTS) is 1. The van der Waals surface area contributed by atoms with E-state index in [1.807, 2.05) is 31.2 Å². The summed E-state index contributed by atoms with van der Waals surface area (Å²) in [4.78, 5) is 27.1. The van der Waals surface area contributed by atoms with Gasteiger partial charge < -0.3 is 10.4 Å². The van der Waals surface area contributed by atoms with E-state index in [1.165, 1.54) is 16.7 Å². The predicted molar refractivity (Wildman–Crippen MR) is 92.5 cm³/mol. The minimum Gasteiger partial charge on any atom is -0.476 e. The zero-order valence-corrected chi connectivity index (χ0v) is 15.0. The third kappa shape index (κ3) is 5.14. The Morgan fingerprint density at radius 2 is 2.22 bits per heavy atom. The first-order valence-corrected chi connectivity index (χ1v) is 8.86. The van der Waals surface area contributed by atoms with Crippen LogP contribution in [0, 0.1) is 5.92 Å². The first-order valence-electron chi connectivity index (χ1n) is 7.19. The molecule has 1 aromatic heterocycles. The van der Waals surface area contributed by atoms with Crippen LogP contribution in [0.4, 0.5) is 0 Å². The van der Waals surface area contributed by atoms with Crippen LogP contribution < -0.4 is 5.32 Å². The number of aromatic carboxylic acids is 1. The van der Waals surface area contributed by atoms with Crippen molar-refractivity contribution >= 4 is 39.1 Å². The monoisotopic (exact) mass is 396 g/mol. The summed E-state index contributed by atoms with van der Waals surface area (Å²) in [7, 11) is 0. The lowest BCUT2D eigenvalue weighted by atomic mass is 9.96. The van der Waals surface area contributed by atoms with E-state index in [4.69, 9.17) is 5.11 Å². The SMILES string of the molecule is CCC(Cc1cccc(Br)c1)C(=O)NCc1nc(C(=O)O)cs1. The predicted octanol–water partition coefficient (Wildman–Crippen LogP) is 3.49. The second kappa shape index (κ2) is 8.21. The van der Waals surface area contributed by atoms with E-state index in [0.717, 1.165) is 16.5 Å². The van der Waals surface area contributed by atoms with Gasteiger partial charge in [0.25, 0.3) is 0 Å². The van der Waals surface area contributed by atoms with Crippen LogP contribution in [0.3, 0.4) is 0 Å². The van der Waals surface area contributed by atoms with Crippen molar-refractivity contribution in [3.8, 4) is 0 Å². The molecule has 5 nitrogen and oxygen atoms in total. The van der Waals surface area contributed by atoms with Crippen LogP contribution in [-0.4, -0.2) is 22.0 Å². The Labute approximate surface area is 146 Å². The first-order chi connectivity index (χ1) is 11.0. The fourth-order valence-electron chi connectivity index (χ4n) is 2.17. The highest BCUT2D eigenvalue weighted by Crippen LogP contribution is 2.17. The number of thiazole rings is 1. The van der Waals surface area contributed by atoms with Gasteiger partial charge in [0.2, 0.25) is 5.91 Å². The number of carbonyl (C=O) groups excluding carboxylic acids is 1. The minimum atomic E-state index is -1.06. The number of carboxylic acids is 1. The zero-order valence-electron chi connectivity index (χ0n) is 12.6. The summed E-state index contributed by atoms with van der Waals surface area (Å²) in [5.41, 5.74) is 1.12. The van der Waals surface area contributed by atoms with Crippen LogP contribution in [0.2, 0.25) is 0 Å². The molecule has 0 aliphatic carbocycles. The van der Waals surface area contributed by atoms with Crippen LogP contribution in [0.1, 0.15) is 34.4 Å². The maximum atomic E-state index is 12.3. The molecule has 122 valence electrons. The van der Waals surface area contributed by atoms with Gasteiger partial charge in [-0.15, -0.1) is 11.3 Å². The largest absolute Gasteiger partial charge is 0.476 e. The lowest BCUT2D eigenvalue weighted by molar-refractivity contribution is -0.125. The number of amides is 1. The Kier molecular flexibility index (Phi) is 6.29. The van der Waals surface area contributed by atoms with E-state index in [2.05, 4.69) is 26.2 Å². The van der Waals surface area contributed by atoms with Crippen LogP contribution in [-0.2, 0) is 17.8 Å². The standard InChI is InChI=1S/C16H17BrN2O3S/c1-2-11(6-10-4-3-5-12(17)7-10)15(20)18-8-14-19-13(9-23-14)16(21)22/h3-5,7,9,11H,2,6,8H2,1H3,(H,18,20)(H,21,22). The molecule has 2 N–H and O–H groups in total. The molecule has 1 atom stereocenters. The molecule has 0 aliphatic heterocycles. The van der Waals surface area contributed by atoms with E-state index >= 15 is 0 Å². The average Bonchev–Trinajstić information content (AvgIpc) is 2.99. The third-order valence-electron chi connectivity index (χ3n) is 3.42. The number of hydrogen-bond donors (Lipinski definition) is 2. The second-order valence-electron chi connectivity index (χ2n) is 5.09. The summed E-state index contributed by atoms with van der Waals surface area (Å²) in [5, 5.41) is 13.7. The van der Waals surface area contributed by atoms with Crippen molar-refractivity contribution in [2.45, 2.75) is 26.3 Å². The van der Waals surface area contributed by atoms with Crippen molar-refractivity contribution in [3.63, 3.8) is 0 Å². The quantitative estimate of drug-likeness (QED) is 0.750. The molecule has 7 heteroatoms. The van der Waals surface area contributed by atoms with Crippen molar-refractivity contribution in [3.05, 3.63) is 50.4 Å². The van der Waals surface area contributed by atoms with Gasteiger partial charge in [0.05, 0.1) is 6.54 Å². The smallest absolute Gasteiger partial charge is 0.355 e. The number of benzene rings is 1. The van der Waals surface area contributed by atoms with Crippen molar-refractivity contribution in [1.82, 2.24) is 10.3 Å². The molecule has 0 saturated carbocycles. The zero-order chi connectivity index (χ0) is 16.8. The molecule has 23 heavy (non-hydrogen) atoms. The van der Waals surface area contributed by atoms with Crippen molar-refractivity contribution in [2.75, 3.05) is 0 Å². The highest BCUT2D eigenvalue weighted by Gasteiger charge is 2.17. The summed E-state index contributed by atoms with van der Waals surface area (Å²) in [5.74, 6) is -1.22. The van der Waals surface area contributed by atoms with Crippen LogP contribution in [0.15, 0.2) is 34.1 Å². The Balaban J connectivity index is 1.92. The number of aromatic nitrogens is 1. The van der Waals surface area contributed by atoms with E-state index in [9.17, 15) is 9.59 Å². The molecule has 1 unspecified atom stereocenters. The summed E-state index contributed by atoms with van der Waals surface area (Å²) in [6.45, 7) is 2.24. The summed E-state index contributed by atoms with van der Waals surface area (Å²) in [6, 6.07) is 7.91. The molecule has 1 amide bonds. The third-order valence-corrected chi connectivity index (χ3v) is 4.76. The van der Waals surface area contributed by atoms with E-state index in [0.29, 0.717) is 11.4 Å². The summed E-state index contributed by atoms with van der Waals surface area (Å²) in [6.07, 6.45) is 1.40. The van der Waals surface area contributed by atoms with Gasteiger partial charge in [0.15, 0.2) is 5.69 Å². The molecule has 2 aromatic rings. The lowest BCUT2D eigenvalue weighted by Crippen LogP contribution is -2.31. The van der Waals surface area contributed by atoms with Crippen molar-refractivity contribution in [1.29, 1.82) is 0 Å². The number of nitrogens with zero attached hydrogens (tertiary/aromatic N) is 1. The highest BCUT2D eigenvalue weighted by molar-refractivity contribution is 9.10. The molecule has 0 saturated heterocycles. The molecule has 0 spiro atoms. The van der Waals surface area contributed by atoms with Gasteiger partial charge >= 0.3 is 5.97 Å². The van der Waals surface area contributed by atoms with Gasteiger partial charge in [0, 0.05) is 15.8 Å². The van der Waals surface area contributed by atoms with Gasteiger partial charge in [0.1, 0.15) is 5.01 Å². The Hall–Kier alpha value is -1.73. The van der Waals surface area contributed by atoms with Gasteiger partial charge in [-0.1, -0.05) is 35.0 Å². The van der Waals surface area contributed by atoms with Gasteiger partial charge in [-0.3, -0.25) is 4.79 Å². The molecule has 0 bridgehead atoms. The molecule has 0 fully saturated rings. The number of nitrogens with one attached hydrogen (secondary N) is 1. The Morgan fingerprint density at radius 1 is 1.43 bits per heavy atom. The van der Waals surface area contributed by atoms with Gasteiger partial charge in [-0.25, -0.2) is 9.78 Å². The van der Waals surface area contributed by atoms with Crippen LogP contribution in [0.5, 0.6) is 0 Å². The topological polar surface area (TPSA) is 79.3 Å². The number of carbonyl (C=O) groups is 2. The normalized spacial score (nSPS) is 11.9. The minimum absolute atomic E-state index is 0.0143.